The second-order valence-electron chi connectivity index (χ2n) is 5.12. The Balaban J connectivity index is 2.72. The number of rotatable bonds is 7. The number of benzene rings is 1. The molecule has 0 aliphatic rings. The highest BCUT2D eigenvalue weighted by Crippen LogP contribution is 2.28. The van der Waals surface area contributed by atoms with Crippen molar-refractivity contribution in [2.75, 3.05) is 7.11 Å². The molecule has 2 N–H and O–H groups in total. The predicted molar refractivity (Wildman–Crippen MR) is 76.3 cm³/mol. The fourth-order valence-corrected chi connectivity index (χ4v) is 2.15. The minimum Gasteiger partial charge on any atom is -0.496 e. The van der Waals surface area contributed by atoms with Gasteiger partial charge in [0.05, 0.1) is 13.5 Å². The molecule has 23 heavy (non-hydrogen) atoms. The van der Waals surface area contributed by atoms with Gasteiger partial charge in [-0.3, -0.25) is 4.79 Å². The molecule has 0 saturated carbocycles. The van der Waals surface area contributed by atoms with Crippen LogP contribution in [0.2, 0.25) is 0 Å². The zero-order chi connectivity index (χ0) is 17.6. The lowest BCUT2D eigenvalue weighted by Gasteiger charge is -2.19. The quantitative estimate of drug-likeness (QED) is 0.804. The molecule has 0 aliphatic carbocycles. The summed E-state index contributed by atoms with van der Waals surface area (Å²) in [4.78, 5) is 22.7. The van der Waals surface area contributed by atoms with E-state index < -0.39 is 30.5 Å². The van der Waals surface area contributed by atoms with E-state index in [1.165, 1.54) is 7.11 Å². The molecule has 0 bridgehead atoms. The fraction of sp³-hybridized carbons (Fsp3) is 0.467. The van der Waals surface area contributed by atoms with Crippen LogP contribution in [0.4, 0.5) is 13.2 Å². The lowest BCUT2D eigenvalue weighted by Crippen LogP contribution is -2.43. The first kappa shape index (κ1) is 18.8. The van der Waals surface area contributed by atoms with Crippen LogP contribution in [0.5, 0.6) is 5.75 Å². The highest BCUT2D eigenvalue weighted by Gasteiger charge is 2.36. The second-order valence-corrected chi connectivity index (χ2v) is 5.12. The number of halogens is 3. The topological polar surface area (TPSA) is 75.6 Å². The largest absolute Gasteiger partial charge is 0.496 e. The lowest BCUT2D eigenvalue weighted by atomic mass is 9.96. The van der Waals surface area contributed by atoms with Crippen molar-refractivity contribution in [3.8, 4) is 5.75 Å². The number of hydrogen-bond acceptors (Lipinski definition) is 3. The number of para-hydroxylation sites is 1. The van der Waals surface area contributed by atoms with Crippen molar-refractivity contribution in [2.24, 2.45) is 0 Å². The molecule has 128 valence electrons. The van der Waals surface area contributed by atoms with Gasteiger partial charge in [-0.2, -0.15) is 13.2 Å². The summed E-state index contributed by atoms with van der Waals surface area (Å²) in [5.41, 5.74) is 0.716. The van der Waals surface area contributed by atoms with E-state index >= 15 is 0 Å². The van der Waals surface area contributed by atoms with E-state index in [2.05, 4.69) is 0 Å². The Bertz CT molecular complexity index is 560. The summed E-state index contributed by atoms with van der Waals surface area (Å²) in [5.74, 6) is -2.27. The standard InChI is InChI=1S/C15H18F3NO4/c1-9(10-5-3-4-6-12(10)23-2)7-13(20)19-11(14(21)22)8-15(16,17)18/h3-6,9,11H,7-8H2,1-2H3,(H,19,20)(H,21,22). The molecule has 2 unspecified atom stereocenters. The molecule has 8 heteroatoms. The van der Waals surface area contributed by atoms with Crippen LogP contribution >= 0.6 is 0 Å². The van der Waals surface area contributed by atoms with E-state index in [1.54, 1.807) is 31.2 Å². The maximum atomic E-state index is 12.3. The normalized spacial score (nSPS) is 14.0. The lowest BCUT2D eigenvalue weighted by molar-refractivity contribution is -0.160. The van der Waals surface area contributed by atoms with Crippen LogP contribution in [0.15, 0.2) is 24.3 Å². The van der Waals surface area contributed by atoms with Gasteiger partial charge in [0.1, 0.15) is 11.8 Å². The zero-order valence-corrected chi connectivity index (χ0v) is 12.7. The third-order valence-corrected chi connectivity index (χ3v) is 3.23. The summed E-state index contributed by atoms with van der Waals surface area (Å²) in [5, 5.41) is 10.7. The molecule has 0 heterocycles. The molecule has 0 saturated heterocycles. The number of amides is 1. The summed E-state index contributed by atoms with van der Waals surface area (Å²) in [7, 11) is 1.47. The van der Waals surface area contributed by atoms with E-state index in [0.29, 0.717) is 11.3 Å². The molecule has 0 aromatic heterocycles. The fourth-order valence-electron chi connectivity index (χ4n) is 2.15. The second kappa shape index (κ2) is 7.85. The van der Waals surface area contributed by atoms with Gasteiger partial charge in [-0.15, -0.1) is 0 Å². The minimum absolute atomic E-state index is 0.151. The van der Waals surface area contributed by atoms with Gasteiger partial charge in [-0.25, -0.2) is 4.79 Å². The van der Waals surface area contributed by atoms with Gasteiger partial charge < -0.3 is 15.2 Å². The van der Waals surface area contributed by atoms with Crippen LogP contribution in [-0.2, 0) is 9.59 Å². The molecule has 1 rings (SSSR count). The van der Waals surface area contributed by atoms with Crippen molar-refractivity contribution in [3.05, 3.63) is 29.8 Å². The first-order valence-corrected chi connectivity index (χ1v) is 6.86. The average Bonchev–Trinajstić information content (AvgIpc) is 2.44. The Labute approximate surface area is 131 Å². The van der Waals surface area contributed by atoms with Crippen LogP contribution in [0.1, 0.15) is 31.2 Å². The Hall–Kier alpha value is -2.25. The van der Waals surface area contributed by atoms with Crippen LogP contribution in [0, 0.1) is 0 Å². The van der Waals surface area contributed by atoms with Crippen LogP contribution in [0.3, 0.4) is 0 Å². The van der Waals surface area contributed by atoms with Crippen molar-refractivity contribution < 1.29 is 32.6 Å². The van der Waals surface area contributed by atoms with Gasteiger partial charge in [-0.1, -0.05) is 25.1 Å². The highest BCUT2D eigenvalue weighted by molar-refractivity contribution is 5.84. The number of alkyl halides is 3. The Morgan fingerprint density at radius 2 is 1.91 bits per heavy atom. The van der Waals surface area contributed by atoms with Crippen LogP contribution in [-0.4, -0.2) is 36.3 Å². The van der Waals surface area contributed by atoms with Crippen molar-refractivity contribution in [3.63, 3.8) is 0 Å². The molecule has 1 aromatic carbocycles. The predicted octanol–water partition coefficient (Wildman–Crippen LogP) is 2.71. The smallest absolute Gasteiger partial charge is 0.391 e. The van der Waals surface area contributed by atoms with Gasteiger partial charge in [0, 0.05) is 6.42 Å². The number of carbonyl (C=O) groups excluding carboxylic acids is 1. The number of nitrogens with one attached hydrogen (secondary N) is 1. The summed E-state index contributed by atoms with van der Waals surface area (Å²) in [6, 6.07) is 4.94. The maximum absolute atomic E-state index is 12.3. The number of methoxy groups -OCH3 is 1. The number of carboxylic acids is 1. The summed E-state index contributed by atoms with van der Waals surface area (Å²) in [6.07, 6.45) is -6.44. The molecule has 2 atom stereocenters. The molecular formula is C15H18F3NO4. The molecule has 1 amide bonds. The first-order valence-electron chi connectivity index (χ1n) is 6.86. The average molecular weight is 333 g/mol. The third kappa shape index (κ3) is 6.17. The molecule has 1 aromatic rings. The van der Waals surface area contributed by atoms with Crippen molar-refractivity contribution in [1.29, 1.82) is 0 Å². The van der Waals surface area contributed by atoms with Gasteiger partial charge in [0.25, 0.3) is 0 Å². The summed E-state index contributed by atoms with van der Waals surface area (Å²) >= 11 is 0. The Morgan fingerprint density at radius 3 is 2.43 bits per heavy atom. The van der Waals surface area contributed by atoms with E-state index in [9.17, 15) is 22.8 Å². The van der Waals surface area contributed by atoms with Crippen molar-refractivity contribution >= 4 is 11.9 Å². The van der Waals surface area contributed by atoms with Gasteiger partial charge in [0.15, 0.2) is 0 Å². The number of aliphatic carboxylic acids is 1. The van der Waals surface area contributed by atoms with Crippen LogP contribution in [0.25, 0.3) is 0 Å². The SMILES string of the molecule is COc1ccccc1C(C)CC(=O)NC(CC(F)(F)F)C(=O)O. The highest BCUT2D eigenvalue weighted by atomic mass is 19.4. The summed E-state index contributed by atoms with van der Waals surface area (Å²) < 4.78 is 42.1. The van der Waals surface area contributed by atoms with E-state index in [0.717, 1.165) is 0 Å². The number of carbonyl (C=O) groups is 2. The number of hydrogen-bond donors (Lipinski definition) is 2. The van der Waals surface area contributed by atoms with Crippen molar-refractivity contribution in [1.82, 2.24) is 5.32 Å². The monoisotopic (exact) mass is 333 g/mol. The molecule has 0 aliphatic heterocycles. The van der Waals surface area contributed by atoms with Gasteiger partial charge in [0.2, 0.25) is 5.91 Å². The zero-order valence-electron chi connectivity index (χ0n) is 12.7. The third-order valence-electron chi connectivity index (χ3n) is 3.23. The van der Waals surface area contributed by atoms with E-state index in [1.807, 2.05) is 5.32 Å². The Kier molecular flexibility index (Phi) is 6.41. The molecule has 0 fully saturated rings. The maximum Gasteiger partial charge on any atom is 0.391 e. The molecular weight excluding hydrogens is 315 g/mol. The Morgan fingerprint density at radius 1 is 1.30 bits per heavy atom. The van der Waals surface area contributed by atoms with Crippen molar-refractivity contribution in [2.45, 2.75) is 37.9 Å². The van der Waals surface area contributed by atoms with Gasteiger partial charge >= 0.3 is 12.1 Å². The molecule has 5 nitrogen and oxygen atoms in total. The van der Waals surface area contributed by atoms with E-state index in [4.69, 9.17) is 9.84 Å². The minimum atomic E-state index is -4.68. The summed E-state index contributed by atoms with van der Waals surface area (Å²) in [6.45, 7) is 1.71. The number of carboxylic acid groups (broad SMARTS) is 1. The molecule has 0 spiro atoms. The van der Waals surface area contributed by atoms with Crippen LogP contribution < -0.4 is 10.1 Å². The molecule has 0 radical (unpaired) electrons. The number of ether oxygens (including phenoxy) is 1. The van der Waals surface area contributed by atoms with Gasteiger partial charge in [-0.05, 0) is 17.5 Å². The first-order chi connectivity index (χ1) is 10.6. The van der Waals surface area contributed by atoms with E-state index in [-0.39, 0.29) is 12.3 Å².